The van der Waals surface area contributed by atoms with E-state index in [0.29, 0.717) is 19.0 Å². The number of benzene rings is 1. The molecule has 0 aliphatic carbocycles. The third-order valence-electron chi connectivity index (χ3n) is 2.77. The highest BCUT2D eigenvalue weighted by atomic mass is 16.5. The normalized spacial score (nSPS) is 10.0. The zero-order valence-electron chi connectivity index (χ0n) is 12.1. The number of aryl methyl sites for hydroxylation is 1. The maximum Gasteiger partial charge on any atom is 0.271 e. The molecule has 1 aromatic carbocycles. The molecule has 6 nitrogen and oxygen atoms in total. The van der Waals surface area contributed by atoms with Crippen molar-refractivity contribution in [3.05, 3.63) is 47.9 Å². The van der Waals surface area contributed by atoms with Crippen LogP contribution in [0.15, 0.2) is 36.7 Å². The van der Waals surface area contributed by atoms with Gasteiger partial charge in [0.25, 0.3) is 5.91 Å². The summed E-state index contributed by atoms with van der Waals surface area (Å²) in [4.78, 5) is 19.9. The Hall–Kier alpha value is -2.63. The Labute approximate surface area is 123 Å². The van der Waals surface area contributed by atoms with Crippen LogP contribution in [0.5, 0.6) is 5.75 Å². The number of nitrogens with zero attached hydrogens (tertiary/aromatic N) is 2. The molecule has 0 spiro atoms. The summed E-state index contributed by atoms with van der Waals surface area (Å²) in [5.41, 5.74) is 1.41. The molecule has 110 valence electrons. The molecule has 21 heavy (non-hydrogen) atoms. The Bertz CT molecular complexity index is 616. The molecule has 0 unspecified atom stereocenters. The van der Waals surface area contributed by atoms with Crippen LogP contribution >= 0.6 is 0 Å². The van der Waals surface area contributed by atoms with Crippen LogP contribution in [0.3, 0.4) is 0 Å². The van der Waals surface area contributed by atoms with Crippen molar-refractivity contribution in [2.75, 3.05) is 25.5 Å². The maximum atomic E-state index is 11.9. The van der Waals surface area contributed by atoms with Gasteiger partial charge in [0.05, 0.1) is 18.9 Å². The van der Waals surface area contributed by atoms with Gasteiger partial charge in [-0.2, -0.15) is 0 Å². The van der Waals surface area contributed by atoms with Crippen molar-refractivity contribution >= 4 is 11.7 Å². The summed E-state index contributed by atoms with van der Waals surface area (Å²) >= 11 is 0. The summed E-state index contributed by atoms with van der Waals surface area (Å²) in [6, 6.07) is 7.77. The van der Waals surface area contributed by atoms with E-state index < -0.39 is 0 Å². The molecule has 0 aliphatic rings. The van der Waals surface area contributed by atoms with Crippen molar-refractivity contribution in [1.29, 1.82) is 0 Å². The van der Waals surface area contributed by atoms with E-state index in [9.17, 15) is 4.79 Å². The molecule has 0 fully saturated rings. The fourth-order valence-electron chi connectivity index (χ4n) is 1.72. The van der Waals surface area contributed by atoms with Gasteiger partial charge in [-0.25, -0.2) is 4.98 Å². The third-order valence-corrected chi connectivity index (χ3v) is 2.77. The van der Waals surface area contributed by atoms with Crippen molar-refractivity contribution in [2.24, 2.45) is 0 Å². The second-order valence-corrected chi connectivity index (χ2v) is 4.46. The summed E-state index contributed by atoms with van der Waals surface area (Å²) in [5, 5.41) is 5.58. The molecule has 1 amide bonds. The molecule has 2 N–H and O–H groups in total. The Kier molecular flexibility index (Phi) is 5.09. The number of hydrogen-bond donors (Lipinski definition) is 2. The largest absolute Gasteiger partial charge is 0.492 e. The van der Waals surface area contributed by atoms with Crippen LogP contribution in [0.4, 0.5) is 5.82 Å². The molecule has 6 heteroatoms. The van der Waals surface area contributed by atoms with E-state index >= 15 is 0 Å². The van der Waals surface area contributed by atoms with Gasteiger partial charge in [-0.1, -0.05) is 12.1 Å². The van der Waals surface area contributed by atoms with Crippen LogP contribution in [0.1, 0.15) is 16.1 Å². The summed E-state index contributed by atoms with van der Waals surface area (Å²) in [7, 11) is 1.72. The van der Waals surface area contributed by atoms with Gasteiger partial charge < -0.3 is 15.4 Å². The van der Waals surface area contributed by atoms with E-state index in [2.05, 4.69) is 20.6 Å². The van der Waals surface area contributed by atoms with Crippen LogP contribution in [0.25, 0.3) is 0 Å². The molecule has 0 atom stereocenters. The Morgan fingerprint density at radius 3 is 2.95 bits per heavy atom. The average Bonchev–Trinajstić information content (AvgIpc) is 2.51. The molecule has 0 radical (unpaired) electrons. The number of aromatic nitrogens is 2. The SMILES string of the molecule is CNc1cncc(C(=O)NCCOc2cccc(C)c2)n1. The van der Waals surface area contributed by atoms with Crippen LogP contribution in [-0.4, -0.2) is 36.1 Å². The summed E-state index contributed by atoms with van der Waals surface area (Å²) < 4.78 is 5.55. The number of amides is 1. The molecule has 0 saturated carbocycles. The van der Waals surface area contributed by atoms with Gasteiger partial charge in [-0.15, -0.1) is 0 Å². The highest BCUT2D eigenvalue weighted by Crippen LogP contribution is 2.11. The second-order valence-electron chi connectivity index (χ2n) is 4.46. The smallest absolute Gasteiger partial charge is 0.271 e. The van der Waals surface area contributed by atoms with Gasteiger partial charge in [0.1, 0.15) is 23.9 Å². The lowest BCUT2D eigenvalue weighted by Crippen LogP contribution is -2.29. The predicted octanol–water partition coefficient (Wildman–Crippen LogP) is 1.64. The number of hydrogen-bond acceptors (Lipinski definition) is 5. The Balaban J connectivity index is 1.79. The molecule has 1 heterocycles. The molecule has 0 aliphatic heterocycles. The number of nitrogens with one attached hydrogen (secondary N) is 2. The van der Waals surface area contributed by atoms with E-state index in [1.54, 1.807) is 13.2 Å². The predicted molar refractivity (Wildman–Crippen MR) is 80.6 cm³/mol. The van der Waals surface area contributed by atoms with E-state index in [1.165, 1.54) is 6.20 Å². The first-order valence-corrected chi connectivity index (χ1v) is 6.66. The second kappa shape index (κ2) is 7.23. The lowest BCUT2D eigenvalue weighted by molar-refractivity contribution is 0.0941. The minimum absolute atomic E-state index is 0.271. The molecular weight excluding hydrogens is 268 g/mol. The molecule has 1 aromatic heterocycles. The van der Waals surface area contributed by atoms with Gasteiger partial charge in [0.15, 0.2) is 0 Å². The summed E-state index contributed by atoms with van der Waals surface area (Å²) in [6.07, 6.45) is 2.98. The van der Waals surface area contributed by atoms with Crippen molar-refractivity contribution in [2.45, 2.75) is 6.92 Å². The van der Waals surface area contributed by atoms with E-state index in [-0.39, 0.29) is 11.6 Å². The Morgan fingerprint density at radius 2 is 2.19 bits per heavy atom. The molecule has 0 saturated heterocycles. The van der Waals surface area contributed by atoms with Crippen LogP contribution in [-0.2, 0) is 0 Å². The van der Waals surface area contributed by atoms with Gasteiger partial charge >= 0.3 is 0 Å². The number of carbonyl (C=O) groups excluding carboxylic acids is 1. The van der Waals surface area contributed by atoms with Gasteiger partial charge in [0.2, 0.25) is 0 Å². The first-order valence-electron chi connectivity index (χ1n) is 6.66. The molecule has 0 bridgehead atoms. The minimum Gasteiger partial charge on any atom is -0.492 e. The van der Waals surface area contributed by atoms with Crippen molar-refractivity contribution in [3.8, 4) is 5.75 Å². The van der Waals surface area contributed by atoms with Crippen molar-refractivity contribution in [1.82, 2.24) is 15.3 Å². The standard InChI is InChI=1S/C15H18N4O2/c1-11-4-3-5-12(8-11)21-7-6-18-15(20)13-9-17-10-14(16-2)19-13/h3-5,8-10H,6-7H2,1-2H3,(H,16,19)(H,18,20). The fourth-order valence-corrected chi connectivity index (χ4v) is 1.72. The topological polar surface area (TPSA) is 76.1 Å². The van der Waals surface area contributed by atoms with Crippen LogP contribution in [0, 0.1) is 6.92 Å². The quantitative estimate of drug-likeness (QED) is 0.789. The fraction of sp³-hybridized carbons (Fsp3) is 0.267. The van der Waals surface area contributed by atoms with Gasteiger partial charge in [-0.3, -0.25) is 9.78 Å². The van der Waals surface area contributed by atoms with E-state index in [0.717, 1.165) is 11.3 Å². The third kappa shape index (κ3) is 4.45. The number of carbonyl (C=O) groups is 1. The minimum atomic E-state index is -0.271. The first kappa shape index (κ1) is 14.8. The van der Waals surface area contributed by atoms with Crippen LogP contribution in [0.2, 0.25) is 0 Å². The number of anilines is 1. The Morgan fingerprint density at radius 1 is 1.33 bits per heavy atom. The number of rotatable bonds is 6. The van der Waals surface area contributed by atoms with E-state index in [1.807, 2.05) is 31.2 Å². The first-order chi connectivity index (χ1) is 10.2. The monoisotopic (exact) mass is 286 g/mol. The zero-order valence-corrected chi connectivity index (χ0v) is 12.1. The van der Waals surface area contributed by atoms with Crippen LogP contribution < -0.4 is 15.4 Å². The van der Waals surface area contributed by atoms with Crippen molar-refractivity contribution in [3.63, 3.8) is 0 Å². The maximum absolute atomic E-state index is 11.9. The lowest BCUT2D eigenvalue weighted by atomic mass is 10.2. The number of ether oxygens (including phenoxy) is 1. The molecule has 2 aromatic rings. The summed E-state index contributed by atoms with van der Waals surface area (Å²) in [6.45, 7) is 2.80. The summed E-state index contributed by atoms with van der Waals surface area (Å²) in [5.74, 6) is 1.08. The highest BCUT2D eigenvalue weighted by molar-refractivity contribution is 5.92. The van der Waals surface area contributed by atoms with Gasteiger partial charge in [0, 0.05) is 7.05 Å². The van der Waals surface area contributed by atoms with E-state index in [4.69, 9.17) is 4.74 Å². The average molecular weight is 286 g/mol. The molecular formula is C15H18N4O2. The lowest BCUT2D eigenvalue weighted by Gasteiger charge is -2.08. The zero-order chi connectivity index (χ0) is 15.1. The van der Waals surface area contributed by atoms with Gasteiger partial charge in [-0.05, 0) is 24.6 Å². The highest BCUT2D eigenvalue weighted by Gasteiger charge is 2.07. The molecule has 2 rings (SSSR count). The van der Waals surface area contributed by atoms with Crippen molar-refractivity contribution < 1.29 is 9.53 Å².